The normalized spacial score (nSPS) is 10.8. The summed E-state index contributed by atoms with van der Waals surface area (Å²) in [6, 6.07) is 11.8. The molecular formula is C21H19N3O3. The summed E-state index contributed by atoms with van der Waals surface area (Å²) in [5.74, 6) is 1.97. The summed E-state index contributed by atoms with van der Waals surface area (Å²) in [7, 11) is 4.86. The minimum atomic E-state index is 0.586. The third-order valence-electron chi connectivity index (χ3n) is 4.50. The molecule has 136 valence electrons. The summed E-state index contributed by atoms with van der Waals surface area (Å²) < 4.78 is 15.9. The molecule has 6 nitrogen and oxygen atoms in total. The summed E-state index contributed by atoms with van der Waals surface area (Å²) in [4.78, 5) is 12.1. The lowest BCUT2D eigenvalue weighted by Gasteiger charge is -2.10. The number of aromatic nitrogens is 3. The summed E-state index contributed by atoms with van der Waals surface area (Å²) in [6.45, 7) is 0. The fourth-order valence-electron chi connectivity index (χ4n) is 3.08. The van der Waals surface area contributed by atoms with Crippen LogP contribution in [0, 0.1) is 0 Å². The van der Waals surface area contributed by atoms with Crippen molar-refractivity contribution in [3.8, 4) is 39.6 Å². The van der Waals surface area contributed by atoms with Crippen molar-refractivity contribution in [1.82, 2.24) is 15.0 Å². The summed E-state index contributed by atoms with van der Waals surface area (Å²) in [5, 5.41) is 1.02. The van der Waals surface area contributed by atoms with Gasteiger partial charge in [0.25, 0.3) is 0 Å². The van der Waals surface area contributed by atoms with Gasteiger partial charge in [-0.3, -0.25) is 0 Å². The van der Waals surface area contributed by atoms with Crippen LogP contribution in [-0.4, -0.2) is 36.3 Å². The first kappa shape index (κ1) is 16.9. The molecule has 27 heavy (non-hydrogen) atoms. The Morgan fingerprint density at radius 1 is 0.741 bits per heavy atom. The Bertz CT molecular complexity index is 1090. The zero-order valence-electron chi connectivity index (χ0n) is 15.3. The molecule has 0 unspecified atom stereocenters. The minimum Gasteiger partial charge on any atom is -0.493 e. The van der Waals surface area contributed by atoms with Crippen molar-refractivity contribution >= 4 is 11.0 Å². The predicted molar refractivity (Wildman–Crippen MR) is 104 cm³/mol. The number of nitrogens with zero attached hydrogens (tertiary/aromatic N) is 2. The minimum absolute atomic E-state index is 0.586. The van der Waals surface area contributed by atoms with E-state index in [1.165, 1.54) is 0 Å². The summed E-state index contributed by atoms with van der Waals surface area (Å²) >= 11 is 0. The van der Waals surface area contributed by atoms with Crippen LogP contribution in [0.3, 0.4) is 0 Å². The number of benzene rings is 1. The number of nitrogens with one attached hydrogen (secondary N) is 1. The number of ether oxygens (including phenoxy) is 3. The topological polar surface area (TPSA) is 69.3 Å². The molecule has 0 radical (unpaired) electrons. The Balaban J connectivity index is 1.80. The van der Waals surface area contributed by atoms with Crippen molar-refractivity contribution in [3.05, 3.63) is 55.0 Å². The number of pyridine rings is 2. The maximum atomic E-state index is 5.41. The van der Waals surface area contributed by atoms with Gasteiger partial charge in [0.05, 0.1) is 21.3 Å². The number of hydrogen-bond donors (Lipinski definition) is 1. The third-order valence-corrected chi connectivity index (χ3v) is 4.50. The van der Waals surface area contributed by atoms with E-state index in [4.69, 9.17) is 14.2 Å². The van der Waals surface area contributed by atoms with Crippen LogP contribution in [0.25, 0.3) is 33.3 Å². The lowest BCUT2D eigenvalue weighted by atomic mass is 10.0. The largest absolute Gasteiger partial charge is 0.493 e. The molecule has 3 heterocycles. The number of rotatable bonds is 5. The van der Waals surface area contributed by atoms with Crippen LogP contribution in [0.15, 0.2) is 55.0 Å². The second kappa shape index (κ2) is 6.99. The Hall–Kier alpha value is -3.54. The molecule has 1 N–H and O–H groups in total. The molecule has 0 saturated carbocycles. The average molecular weight is 361 g/mol. The van der Waals surface area contributed by atoms with Gasteiger partial charge in [0, 0.05) is 46.7 Å². The monoisotopic (exact) mass is 361 g/mol. The van der Waals surface area contributed by atoms with Crippen LogP contribution in [0.2, 0.25) is 0 Å². The second-order valence-corrected chi connectivity index (χ2v) is 5.98. The van der Waals surface area contributed by atoms with Gasteiger partial charge in [-0.25, -0.2) is 9.97 Å². The molecule has 0 aliphatic carbocycles. The van der Waals surface area contributed by atoms with Crippen LogP contribution in [-0.2, 0) is 0 Å². The van der Waals surface area contributed by atoms with Crippen molar-refractivity contribution in [2.75, 3.05) is 21.3 Å². The van der Waals surface area contributed by atoms with E-state index in [1.54, 1.807) is 27.5 Å². The van der Waals surface area contributed by atoms with Crippen LogP contribution in [0.1, 0.15) is 0 Å². The van der Waals surface area contributed by atoms with E-state index in [9.17, 15) is 0 Å². The van der Waals surface area contributed by atoms with E-state index in [0.29, 0.717) is 17.4 Å². The molecule has 0 aliphatic heterocycles. The molecule has 0 spiro atoms. The van der Waals surface area contributed by atoms with Gasteiger partial charge < -0.3 is 19.2 Å². The number of aromatic amines is 1. The highest BCUT2D eigenvalue weighted by Gasteiger charge is 2.11. The molecule has 1 aromatic carbocycles. The van der Waals surface area contributed by atoms with E-state index in [1.807, 2.05) is 42.7 Å². The standard InChI is InChI=1S/C21H19N3O3/c1-25-18-6-4-13(9-19(18)26-2)15-8-16-17(12-24-21(16)23-11-15)14-5-7-20(27-3)22-10-14/h4-12H,1-3H3,(H,23,24). The van der Waals surface area contributed by atoms with Crippen LogP contribution in [0.4, 0.5) is 0 Å². The molecule has 0 saturated heterocycles. The van der Waals surface area contributed by atoms with Crippen molar-refractivity contribution < 1.29 is 14.2 Å². The van der Waals surface area contributed by atoms with Crippen molar-refractivity contribution in [3.63, 3.8) is 0 Å². The number of fused-ring (bicyclic) bond motifs is 1. The summed E-state index contributed by atoms with van der Waals surface area (Å²) in [5.41, 5.74) is 4.85. The average Bonchev–Trinajstić information content (AvgIpc) is 3.16. The Kier molecular flexibility index (Phi) is 4.38. The molecule has 0 atom stereocenters. The van der Waals surface area contributed by atoms with E-state index in [-0.39, 0.29) is 0 Å². The van der Waals surface area contributed by atoms with E-state index in [0.717, 1.165) is 33.3 Å². The Morgan fingerprint density at radius 2 is 1.52 bits per heavy atom. The van der Waals surface area contributed by atoms with Crippen LogP contribution >= 0.6 is 0 Å². The zero-order valence-corrected chi connectivity index (χ0v) is 15.3. The third kappa shape index (κ3) is 3.06. The Morgan fingerprint density at radius 3 is 2.22 bits per heavy atom. The van der Waals surface area contributed by atoms with Gasteiger partial charge in [0.2, 0.25) is 5.88 Å². The highest BCUT2D eigenvalue weighted by Crippen LogP contribution is 2.35. The maximum Gasteiger partial charge on any atom is 0.212 e. The maximum absolute atomic E-state index is 5.41. The Labute approximate surface area is 156 Å². The molecule has 0 amide bonds. The van der Waals surface area contributed by atoms with Crippen molar-refractivity contribution in [1.29, 1.82) is 0 Å². The van der Waals surface area contributed by atoms with Gasteiger partial charge in [-0.05, 0) is 29.8 Å². The van der Waals surface area contributed by atoms with E-state index >= 15 is 0 Å². The van der Waals surface area contributed by atoms with Gasteiger partial charge >= 0.3 is 0 Å². The number of H-pyrrole nitrogens is 1. The van der Waals surface area contributed by atoms with Crippen molar-refractivity contribution in [2.45, 2.75) is 0 Å². The van der Waals surface area contributed by atoms with Crippen LogP contribution < -0.4 is 14.2 Å². The summed E-state index contributed by atoms with van der Waals surface area (Å²) in [6.07, 6.45) is 5.58. The molecule has 0 bridgehead atoms. The zero-order chi connectivity index (χ0) is 18.8. The van der Waals surface area contributed by atoms with E-state index in [2.05, 4.69) is 21.0 Å². The lowest BCUT2D eigenvalue weighted by Crippen LogP contribution is -1.91. The highest BCUT2D eigenvalue weighted by atomic mass is 16.5. The first-order valence-electron chi connectivity index (χ1n) is 8.43. The van der Waals surface area contributed by atoms with Gasteiger partial charge in [0.15, 0.2) is 11.5 Å². The predicted octanol–water partition coefficient (Wildman–Crippen LogP) is 4.32. The SMILES string of the molecule is COc1ccc(-c2c[nH]c3ncc(-c4ccc(OC)c(OC)c4)cc23)cn1. The fourth-order valence-corrected chi connectivity index (χ4v) is 3.08. The molecule has 4 rings (SSSR count). The molecule has 3 aromatic heterocycles. The first-order valence-corrected chi connectivity index (χ1v) is 8.43. The van der Waals surface area contributed by atoms with Crippen molar-refractivity contribution in [2.24, 2.45) is 0 Å². The van der Waals surface area contributed by atoms with Crippen LogP contribution in [0.5, 0.6) is 17.4 Å². The van der Waals surface area contributed by atoms with Gasteiger partial charge in [-0.15, -0.1) is 0 Å². The molecule has 0 aliphatic rings. The smallest absolute Gasteiger partial charge is 0.212 e. The number of hydrogen-bond acceptors (Lipinski definition) is 5. The fraction of sp³-hybridized carbons (Fsp3) is 0.143. The van der Waals surface area contributed by atoms with Gasteiger partial charge in [-0.2, -0.15) is 0 Å². The molecule has 4 aromatic rings. The quantitative estimate of drug-likeness (QED) is 0.573. The second-order valence-electron chi connectivity index (χ2n) is 5.98. The van der Waals surface area contributed by atoms with Gasteiger partial charge in [-0.1, -0.05) is 6.07 Å². The molecular weight excluding hydrogens is 342 g/mol. The van der Waals surface area contributed by atoms with E-state index < -0.39 is 0 Å². The first-order chi connectivity index (χ1) is 13.2. The highest BCUT2D eigenvalue weighted by molar-refractivity contribution is 5.95. The number of methoxy groups -OCH3 is 3. The van der Waals surface area contributed by atoms with Gasteiger partial charge in [0.1, 0.15) is 5.65 Å². The molecule has 6 heteroatoms. The molecule has 0 fully saturated rings. The lowest BCUT2D eigenvalue weighted by molar-refractivity contribution is 0.355.